The molecule has 1 heterocycles. The van der Waals surface area contributed by atoms with Gasteiger partial charge < -0.3 is 10.5 Å². The van der Waals surface area contributed by atoms with Crippen LogP contribution in [0.4, 0.5) is 4.39 Å². The second kappa shape index (κ2) is 7.29. The van der Waals surface area contributed by atoms with E-state index >= 15 is 0 Å². The number of nitrogens with two attached hydrogens (primary N) is 1. The predicted molar refractivity (Wildman–Crippen MR) is 90.1 cm³/mol. The van der Waals surface area contributed by atoms with E-state index < -0.39 is 11.9 Å². The van der Waals surface area contributed by atoms with E-state index in [0.717, 1.165) is 4.88 Å². The van der Waals surface area contributed by atoms with Crippen LogP contribution < -0.4 is 10.5 Å². The molecule has 0 aliphatic rings. The Labute approximate surface area is 145 Å². The molecule has 7 heteroatoms. The van der Waals surface area contributed by atoms with Gasteiger partial charge in [-0.15, -0.1) is 11.3 Å². The van der Waals surface area contributed by atoms with Gasteiger partial charge >= 0.3 is 0 Å². The fraction of sp³-hybridized carbons (Fsp3) is 0.286. The van der Waals surface area contributed by atoms with Crippen LogP contribution in [0.3, 0.4) is 0 Å². The van der Waals surface area contributed by atoms with E-state index in [4.69, 9.17) is 33.7 Å². The zero-order valence-electron chi connectivity index (χ0n) is 11.1. The molecule has 0 aliphatic heterocycles. The van der Waals surface area contributed by atoms with Crippen LogP contribution in [0.5, 0.6) is 5.75 Å². The van der Waals surface area contributed by atoms with Gasteiger partial charge in [-0.2, -0.15) is 0 Å². The summed E-state index contributed by atoms with van der Waals surface area (Å²) < 4.78 is 20.8. The van der Waals surface area contributed by atoms with Gasteiger partial charge in [0, 0.05) is 17.0 Å². The minimum Gasteiger partial charge on any atom is -0.482 e. The molecule has 1 aromatic carbocycles. The molecule has 21 heavy (non-hydrogen) atoms. The smallest absolute Gasteiger partial charge is 0.148 e. The number of thiophene rings is 1. The highest BCUT2D eigenvalue weighted by Crippen LogP contribution is 2.37. The monoisotopic (exact) mass is 411 g/mol. The number of halogens is 4. The van der Waals surface area contributed by atoms with Crippen LogP contribution in [0.2, 0.25) is 9.36 Å². The van der Waals surface area contributed by atoms with Gasteiger partial charge in [0.1, 0.15) is 17.7 Å². The van der Waals surface area contributed by atoms with E-state index in [2.05, 4.69) is 15.9 Å². The second-order valence-corrected chi connectivity index (χ2v) is 7.46. The molecule has 2 atom stereocenters. The average Bonchev–Trinajstić information content (AvgIpc) is 2.87. The van der Waals surface area contributed by atoms with Crippen molar-refractivity contribution < 1.29 is 9.13 Å². The zero-order chi connectivity index (χ0) is 15.6. The normalized spacial score (nSPS) is 14.0. The molecule has 2 rings (SSSR count). The molecule has 2 nitrogen and oxygen atoms in total. The Morgan fingerprint density at radius 3 is 2.67 bits per heavy atom. The van der Waals surface area contributed by atoms with Crippen LogP contribution in [0.15, 0.2) is 28.7 Å². The Morgan fingerprint density at radius 2 is 2.10 bits per heavy atom. The lowest BCUT2D eigenvalue weighted by molar-refractivity contribution is 0.173. The Kier molecular flexibility index (Phi) is 5.91. The molecule has 0 aliphatic carbocycles. The first-order valence-electron chi connectivity index (χ1n) is 6.24. The van der Waals surface area contributed by atoms with Crippen molar-refractivity contribution in [1.82, 2.24) is 0 Å². The lowest BCUT2D eigenvalue weighted by atomic mass is 10.1. The molecule has 114 valence electrons. The second-order valence-electron chi connectivity index (χ2n) is 4.45. The molecule has 1 aromatic heterocycles. The molecule has 2 N–H and O–H groups in total. The summed E-state index contributed by atoms with van der Waals surface area (Å²) in [5, 5.41) is 0.0322. The summed E-state index contributed by atoms with van der Waals surface area (Å²) in [6.07, 6.45) is 0.317. The molecule has 0 bridgehead atoms. The van der Waals surface area contributed by atoms with Crippen molar-refractivity contribution in [2.24, 2.45) is 5.73 Å². The maximum Gasteiger partial charge on any atom is 0.148 e. The minimum absolute atomic E-state index is 0.0322. The summed E-state index contributed by atoms with van der Waals surface area (Å²) in [5.41, 5.74) is 6.13. The topological polar surface area (TPSA) is 35.2 Å². The quantitative estimate of drug-likeness (QED) is 0.628. The molecule has 0 saturated heterocycles. The SMILES string of the molecule is CCC(N)C(Oc1cc(F)c(Cl)cc1Br)c1ccc(Cl)s1. The highest BCUT2D eigenvalue weighted by atomic mass is 79.9. The molecule has 0 spiro atoms. The Bertz CT molecular complexity index is 637. The number of rotatable bonds is 5. The van der Waals surface area contributed by atoms with Gasteiger partial charge in [0.15, 0.2) is 0 Å². The third-order valence-corrected chi connectivity index (χ3v) is 5.17. The van der Waals surface area contributed by atoms with E-state index in [-0.39, 0.29) is 11.1 Å². The summed E-state index contributed by atoms with van der Waals surface area (Å²) in [4.78, 5) is 0.900. The van der Waals surface area contributed by atoms with Crippen molar-refractivity contribution in [3.05, 3.63) is 48.8 Å². The third kappa shape index (κ3) is 4.11. The third-order valence-electron chi connectivity index (χ3n) is 2.96. The first-order valence-corrected chi connectivity index (χ1v) is 8.61. The van der Waals surface area contributed by atoms with Crippen molar-refractivity contribution in [1.29, 1.82) is 0 Å². The van der Waals surface area contributed by atoms with Crippen molar-refractivity contribution in [2.75, 3.05) is 0 Å². The number of ether oxygens (including phenoxy) is 1. The predicted octanol–water partition coefficient (Wildman–Crippen LogP) is 5.81. The molecule has 0 saturated carbocycles. The van der Waals surface area contributed by atoms with Crippen molar-refractivity contribution >= 4 is 50.5 Å². The highest BCUT2D eigenvalue weighted by molar-refractivity contribution is 9.10. The van der Waals surface area contributed by atoms with Crippen LogP contribution >= 0.6 is 50.5 Å². The van der Waals surface area contributed by atoms with Crippen LogP contribution in [-0.4, -0.2) is 6.04 Å². The fourth-order valence-electron chi connectivity index (χ4n) is 1.78. The van der Waals surface area contributed by atoms with E-state index in [1.54, 1.807) is 6.07 Å². The summed E-state index contributed by atoms with van der Waals surface area (Å²) in [6, 6.07) is 6.13. The van der Waals surface area contributed by atoms with Crippen LogP contribution in [0.1, 0.15) is 24.3 Å². The molecule has 2 unspecified atom stereocenters. The first-order chi connectivity index (χ1) is 9.92. The minimum atomic E-state index is -0.539. The van der Waals surface area contributed by atoms with Gasteiger partial charge in [0.05, 0.1) is 13.8 Å². The Hall–Kier alpha value is -0.330. The van der Waals surface area contributed by atoms with Gasteiger partial charge in [-0.1, -0.05) is 30.1 Å². The van der Waals surface area contributed by atoms with Crippen molar-refractivity contribution in [2.45, 2.75) is 25.5 Å². The number of hydrogen-bond acceptors (Lipinski definition) is 3. The standard InChI is InChI=1S/C14H13BrCl2FNOS/c1-2-10(19)14(12-3-4-13(17)21-12)20-11-6-9(18)8(16)5-7(11)15/h3-6,10,14H,2,19H2,1H3. The van der Waals surface area contributed by atoms with E-state index in [1.165, 1.54) is 23.5 Å². The van der Waals surface area contributed by atoms with Gasteiger partial charge in [0.2, 0.25) is 0 Å². The Morgan fingerprint density at radius 1 is 1.38 bits per heavy atom. The highest BCUT2D eigenvalue weighted by Gasteiger charge is 2.24. The average molecular weight is 413 g/mol. The van der Waals surface area contributed by atoms with E-state index in [0.29, 0.717) is 21.0 Å². The molecule has 0 amide bonds. The lowest BCUT2D eigenvalue weighted by Gasteiger charge is -2.24. The van der Waals surface area contributed by atoms with E-state index in [1.807, 2.05) is 13.0 Å². The molecular formula is C14H13BrCl2FNOS. The molecule has 2 aromatic rings. The lowest BCUT2D eigenvalue weighted by Crippen LogP contribution is -2.31. The first kappa shape index (κ1) is 17.0. The van der Waals surface area contributed by atoms with Gasteiger partial charge in [-0.3, -0.25) is 0 Å². The van der Waals surface area contributed by atoms with Crippen molar-refractivity contribution in [3.8, 4) is 5.75 Å². The maximum absolute atomic E-state index is 13.6. The van der Waals surface area contributed by atoms with Gasteiger partial charge in [-0.25, -0.2) is 4.39 Å². The summed E-state index contributed by atoms with van der Waals surface area (Å²) in [5.74, 6) is -0.182. The number of hydrogen-bond donors (Lipinski definition) is 1. The van der Waals surface area contributed by atoms with Crippen LogP contribution in [0, 0.1) is 5.82 Å². The van der Waals surface area contributed by atoms with Crippen LogP contribution in [-0.2, 0) is 0 Å². The molecule has 0 fully saturated rings. The molecule has 0 radical (unpaired) electrons. The summed E-state index contributed by atoms with van der Waals surface area (Å²) in [6.45, 7) is 1.97. The van der Waals surface area contributed by atoms with Gasteiger partial charge in [-0.05, 0) is 40.5 Å². The number of benzene rings is 1. The van der Waals surface area contributed by atoms with Crippen LogP contribution in [0.25, 0.3) is 0 Å². The molecular weight excluding hydrogens is 400 g/mol. The van der Waals surface area contributed by atoms with Gasteiger partial charge in [0.25, 0.3) is 0 Å². The largest absolute Gasteiger partial charge is 0.482 e. The summed E-state index contributed by atoms with van der Waals surface area (Å²) in [7, 11) is 0. The fourth-order valence-corrected chi connectivity index (χ4v) is 3.68. The van der Waals surface area contributed by atoms with E-state index in [9.17, 15) is 4.39 Å². The Balaban J connectivity index is 2.33. The zero-order valence-corrected chi connectivity index (χ0v) is 15.0. The summed E-state index contributed by atoms with van der Waals surface area (Å²) >= 11 is 16.4. The maximum atomic E-state index is 13.6. The van der Waals surface area contributed by atoms with Crippen molar-refractivity contribution in [3.63, 3.8) is 0 Å².